The number of hydrogen-bond acceptors (Lipinski definition) is 2. The van der Waals surface area contributed by atoms with Gasteiger partial charge < -0.3 is 10.1 Å². The second kappa shape index (κ2) is 6.96. The fraction of sp³-hybridized carbons (Fsp3) is 0.200. The van der Waals surface area contributed by atoms with Crippen LogP contribution >= 0.6 is 23.2 Å². The summed E-state index contributed by atoms with van der Waals surface area (Å²) in [4.78, 5) is 0. The summed E-state index contributed by atoms with van der Waals surface area (Å²) in [6.45, 7) is -0.954. The number of hydrogen-bond donors (Lipinski definition) is 1. The van der Waals surface area contributed by atoms with E-state index in [0.29, 0.717) is 15.7 Å². The van der Waals surface area contributed by atoms with Crippen molar-refractivity contribution in [2.45, 2.75) is 19.6 Å². The third-order valence-electron chi connectivity index (χ3n) is 2.88. The molecule has 0 radical (unpaired) electrons. The lowest BCUT2D eigenvalue weighted by Crippen LogP contribution is -2.08. The highest BCUT2D eigenvalue weighted by molar-refractivity contribution is 6.35. The lowest BCUT2D eigenvalue weighted by Gasteiger charge is -2.18. The molecule has 0 aliphatic heterocycles. The SMILES string of the molecule is CC(Nc1cc(Cl)ccc1Cl)c1cccc(OC(F)F)c1. The zero-order valence-electron chi connectivity index (χ0n) is 11.1. The highest BCUT2D eigenvalue weighted by Gasteiger charge is 2.11. The van der Waals surface area contributed by atoms with Gasteiger partial charge in [0.15, 0.2) is 0 Å². The van der Waals surface area contributed by atoms with E-state index in [1.807, 2.05) is 13.0 Å². The van der Waals surface area contributed by atoms with Crippen LogP contribution in [0.1, 0.15) is 18.5 Å². The first-order valence-electron chi connectivity index (χ1n) is 6.22. The van der Waals surface area contributed by atoms with Gasteiger partial charge >= 0.3 is 6.61 Å². The monoisotopic (exact) mass is 331 g/mol. The molecule has 1 unspecified atom stereocenters. The molecule has 0 amide bonds. The number of anilines is 1. The van der Waals surface area contributed by atoms with Gasteiger partial charge in [0.05, 0.1) is 10.7 Å². The second-order valence-electron chi connectivity index (χ2n) is 4.44. The highest BCUT2D eigenvalue weighted by Crippen LogP contribution is 2.30. The molecule has 2 aromatic rings. The Hall–Kier alpha value is -1.52. The average Bonchev–Trinajstić information content (AvgIpc) is 2.42. The molecular formula is C15H13Cl2F2NO. The van der Waals surface area contributed by atoms with Crippen LogP contribution < -0.4 is 10.1 Å². The van der Waals surface area contributed by atoms with Crippen molar-refractivity contribution in [3.63, 3.8) is 0 Å². The molecule has 0 saturated heterocycles. The first-order valence-corrected chi connectivity index (χ1v) is 6.97. The molecule has 21 heavy (non-hydrogen) atoms. The third-order valence-corrected chi connectivity index (χ3v) is 3.45. The predicted molar refractivity (Wildman–Crippen MR) is 81.6 cm³/mol. The zero-order valence-corrected chi connectivity index (χ0v) is 12.6. The van der Waals surface area contributed by atoms with E-state index in [-0.39, 0.29) is 11.8 Å². The van der Waals surface area contributed by atoms with Crippen LogP contribution in [-0.2, 0) is 0 Å². The molecule has 0 aliphatic carbocycles. The number of rotatable bonds is 5. The van der Waals surface area contributed by atoms with Crippen LogP contribution in [0.4, 0.5) is 14.5 Å². The van der Waals surface area contributed by atoms with E-state index < -0.39 is 6.61 Å². The van der Waals surface area contributed by atoms with Crippen molar-refractivity contribution in [3.05, 3.63) is 58.1 Å². The molecule has 112 valence electrons. The minimum absolute atomic E-state index is 0.119. The van der Waals surface area contributed by atoms with E-state index in [0.717, 1.165) is 5.56 Å². The fourth-order valence-electron chi connectivity index (χ4n) is 1.88. The van der Waals surface area contributed by atoms with E-state index in [1.54, 1.807) is 30.3 Å². The quantitative estimate of drug-likeness (QED) is 0.751. The van der Waals surface area contributed by atoms with Gasteiger partial charge in [-0.3, -0.25) is 0 Å². The number of halogens is 4. The summed E-state index contributed by atoms with van der Waals surface area (Å²) < 4.78 is 28.8. The Kier molecular flexibility index (Phi) is 5.26. The van der Waals surface area contributed by atoms with E-state index in [4.69, 9.17) is 23.2 Å². The van der Waals surface area contributed by atoms with Crippen LogP contribution in [0.25, 0.3) is 0 Å². The Morgan fingerprint density at radius 1 is 1.10 bits per heavy atom. The molecule has 2 aromatic carbocycles. The molecule has 0 heterocycles. The molecule has 1 N–H and O–H groups in total. The van der Waals surface area contributed by atoms with E-state index >= 15 is 0 Å². The van der Waals surface area contributed by atoms with Crippen LogP contribution in [0.3, 0.4) is 0 Å². The minimum Gasteiger partial charge on any atom is -0.435 e. The smallest absolute Gasteiger partial charge is 0.387 e. The molecule has 0 aliphatic rings. The van der Waals surface area contributed by atoms with Gasteiger partial charge in [0.1, 0.15) is 5.75 Å². The van der Waals surface area contributed by atoms with Gasteiger partial charge in [-0.25, -0.2) is 0 Å². The summed E-state index contributed by atoms with van der Waals surface area (Å²) in [6.07, 6.45) is 0. The number of ether oxygens (including phenoxy) is 1. The first-order chi connectivity index (χ1) is 9.95. The van der Waals surface area contributed by atoms with Crippen LogP contribution in [0.15, 0.2) is 42.5 Å². The summed E-state index contributed by atoms with van der Waals surface area (Å²) in [5.41, 5.74) is 1.47. The molecule has 2 rings (SSSR count). The standard InChI is InChI=1S/C15H13Cl2F2NO/c1-9(20-14-8-11(16)5-6-13(14)17)10-3-2-4-12(7-10)21-15(18)19/h2-9,15,20H,1H3. The molecule has 0 fully saturated rings. The Bertz CT molecular complexity index is 622. The average molecular weight is 332 g/mol. The van der Waals surface area contributed by atoms with E-state index in [9.17, 15) is 8.78 Å². The second-order valence-corrected chi connectivity index (χ2v) is 5.28. The first kappa shape index (κ1) is 15.9. The van der Waals surface area contributed by atoms with E-state index in [2.05, 4.69) is 10.1 Å². The molecule has 2 nitrogen and oxygen atoms in total. The van der Waals surface area contributed by atoms with E-state index in [1.165, 1.54) is 6.07 Å². The molecule has 1 atom stereocenters. The zero-order chi connectivity index (χ0) is 15.4. The molecular weight excluding hydrogens is 319 g/mol. The van der Waals surface area contributed by atoms with Crippen molar-refractivity contribution >= 4 is 28.9 Å². The van der Waals surface area contributed by atoms with Gasteiger partial charge in [0.25, 0.3) is 0 Å². The molecule has 0 bridgehead atoms. The summed E-state index contributed by atoms with van der Waals surface area (Å²) in [6, 6.07) is 11.4. The summed E-state index contributed by atoms with van der Waals surface area (Å²) in [5.74, 6) is 0.119. The predicted octanol–water partition coefficient (Wildman–Crippen LogP) is 5.77. The van der Waals surface area contributed by atoms with Crippen LogP contribution in [0, 0.1) is 0 Å². The maximum atomic E-state index is 12.2. The number of alkyl halides is 2. The maximum absolute atomic E-state index is 12.2. The Morgan fingerprint density at radius 2 is 1.86 bits per heavy atom. The summed E-state index contributed by atoms with van der Waals surface area (Å²) in [5, 5.41) is 4.28. The van der Waals surface area contributed by atoms with Crippen molar-refractivity contribution in [2.24, 2.45) is 0 Å². The van der Waals surface area contributed by atoms with Gasteiger partial charge in [-0.05, 0) is 42.8 Å². The van der Waals surface area contributed by atoms with Crippen molar-refractivity contribution in [2.75, 3.05) is 5.32 Å². The minimum atomic E-state index is -2.84. The van der Waals surface area contributed by atoms with Gasteiger partial charge in [0, 0.05) is 11.1 Å². The topological polar surface area (TPSA) is 21.3 Å². The van der Waals surface area contributed by atoms with Gasteiger partial charge in [-0.15, -0.1) is 0 Å². The summed E-state index contributed by atoms with van der Waals surface area (Å²) >= 11 is 12.0. The van der Waals surface area contributed by atoms with Crippen LogP contribution in [-0.4, -0.2) is 6.61 Å². The highest BCUT2D eigenvalue weighted by atomic mass is 35.5. The third kappa shape index (κ3) is 4.48. The molecule has 0 saturated carbocycles. The lowest BCUT2D eigenvalue weighted by molar-refractivity contribution is -0.0498. The van der Waals surface area contributed by atoms with Gasteiger partial charge in [-0.2, -0.15) is 8.78 Å². The summed E-state index contributed by atoms with van der Waals surface area (Å²) in [7, 11) is 0. The van der Waals surface area contributed by atoms with Gasteiger partial charge in [-0.1, -0.05) is 35.3 Å². The maximum Gasteiger partial charge on any atom is 0.387 e. The number of benzene rings is 2. The van der Waals surface area contributed by atoms with Gasteiger partial charge in [0.2, 0.25) is 0 Å². The normalized spacial score (nSPS) is 12.3. The van der Waals surface area contributed by atoms with Crippen LogP contribution in [0.5, 0.6) is 5.75 Å². The molecule has 0 aromatic heterocycles. The van der Waals surface area contributed by atoms with Crippen molar-refractivity contribution < 1.29 is 13.5 Å². The van der Waals surface area contributed by atoms with Crippen molar-refractivity contribution in [1.82, 2.24) is 0 Å². The molecule has 0 spiro atoms. The Labute approximate surface area is 131 Å². The number of nitrogens with one attached hydrogen (secondary N) is 1. The largest absolute Gasteiger partial charge is 0.435 e. The van der Waals surface area contributed by atoms with Crippen LogP contribution in [0.2, 0.25) is 10.0 Å². The molecule has 6 heteroatoms. The Morgan fingerprint density at radius 3 is 2.57 bits per heavy atom. The Balaban J connectivity index is 2.16. The fourth-order valence-corrected chi connectivity index (χ4v) is 2.23. The lowest BCUT2D eigenvalue weighted by atomic mass is 10.1. The van der Waals surface area contributed by atoms with Crippen molar-refractivity contribution in [1.29, 1.82) is 0 Å². The van der Waals surface area contributed by atoms with Crippen molar-refractivity contribution in [3.8, 4) is 5.75 Å².